The number of halogens is 2. The summed E-state index contributed by atoms with van der Waals surface area (Å²) in [5, 5.41) is 10.6. The van der Waals surface area contributed by atoms with E-state index >= 15 is 0 Å². The Kier molecular flexibility index (Phi) is 3.88. The van der Waals surface area contributed by atoms with Crippen molar-refractivity contribution < 1.29 is 13.6 Å². The van der Waals surface area contributed by atoms with Gasteiger partial charge in [-0.2, -0.15) is 10.2 Å². The number of rotatable bonds is 4. The maximum Gasteiger partial charge on any atom is 0.247 e. The molecule has 23 heavy (non-hydrogen) atoms. The van der Waals surface area contributed by atoms with Gasteiger partial charge in [0, 0.05) is 19.3 Å². The van der Waals surface area contributed by atoms with Gasteiger partial charge in [-0.15, -0.1) is 0 Å². The molecule has 3 rings (SSSR count). The number of aryl methyl sites for hydroxylation is 1. The number of nitrogens with one attached hydrogen (secondary N) is 1. The number of carbonyl (C=O) groups is 1. The number of nitrogens with zero attached hydrogens (tertiary/aromatic N) is 4. The lowest BCUT2D eigenvalue weighted by molar-refractivity contribution is -0.116. The Morgan fingerprint density at radius 2 is 1.96 bits per heavy atom. The molecule has 0 aliphatic carbocycles. The number of anilines is 1. The van der Waals surface area contributed by atoms with Crippen LogP contribution in [0.1, 0.15) is 0 Å². The zero-order valence-corrected chi connectivity index (χ0v) is 12.2. The van der Waals surface area contributed by atoms with Gasteiger partial charge in [0.15, 0.2) is 0 Å². The van der Waals surface area contributed by atoms with E-state index in [2.05, 4.69) is 15.5 Å². The lowest BCUT2D eigenvalue weighted by atomic mass is 10.1. The summed E-state index contributed by atoms with van der Waals surface area (Å²) in [6, 6.07) is 6.71. The average Bonchev–Trinajstić information content (AvgIpc) is 3.09. The standard InChI is InChI=1S/C15H13F2N5O/c1-21-13(5-7-18-21)19-14(23)9-22-8-6-12(20-22)15-10(16)3-2-4-11(15)17/h2-8H,9H2,1H3,(H,19,23). The molecule has 118 valence electrons. The van der Waals surface area contributed by atoms with Crippen molar-refractivity contribution in [3.8, 4) is 11.3 Å². The van der Waals surface area contributed by atoms with Gasteiger partial charge < -0.3 is 5.32 Å². The topological polar surface area (TPSA) is 64.7 Å². The van der Waals surface area contributed by atoms with Crippen LogP contribution in [-0.4, -0.2) is 25.5 Å². The van der Waals surface area contributed by atoms with Gasteiger partial charge in [0.05, 0.1) is 17.5 Å². The minimum absolute atomic E-state index is 0.0821. The molecule has 0 unspecified atom stereocenters. The van der Waals surface area contributed by atoms with Gasteiger partial charge in [0.1, 0.15) is 24.0 Å². The third kappa shape index (κ3) is 3.10. The Labute approximate surface area is 130 Å². The van der Waals surface area contributed by atoms with E-state index in [9.17, 15) is 13.6 Å². The fourth-order valence-corrected chi connectivity index (χ4v) is 2.15. The summed E-state index contributed by atoms with van der Waals surface area (Å²) in [5.74, 6) is -1.18. The third-order valence-corrected chi connectivity index (χ3v) is 3.25. The highest BCUT2D eigenvalue weighted by Gasteiger charge is 2.14. The van der Waals surface area contributed by atoms with Crippen LogP contribution in [0, 0.1) is 11.6 Å². The molecule has 6 nitrogen and oxygen atoms in total. The predicted molar refractivity (Wildman–Crippen MR) is 79.4 cm³/mol. The van der Waals surface area contributed by atoms with Crippen LogP contribution in [0.25, 0.3) is 11.3 Å². The first kappa shape index (κ1) is 14.9. The SMILES string of the molecule is Cn1nccc1NC(=O)Cn1ccc(-c2c(F)cccc2F)n1. The largest absolute Gasteiger partial charge is 0.309 e. The van der Waals surface area contributed by atoms with Gasteiger partial charge in [-0.25, -0.2) is 8.78 Å². The first-order valence-electron chi connectivity index (χ1n) is 6.80. The van der Waals surface area contributed by atoms with Gasteiger partial charge in [-0.1, -0.05) is 6.07 Å². The first-order valence-corrected chi connectivity index (χ1v) is 6.80. The van der Waals surface area contributed by atoms with Crippen LogP contribution in [-0.2, 0) is 18.4 Å². The summed E-state index contributed by atoms with van der Waals surface area (Å²) < 4.78 is 30.3. The molecule has 3 aromatic rings. The van der Waals surface area contributed by atoms with E-state index in [1.54, 1.807) is 19.3 Å². The molecule has 2 heterocycles. The van der Waals surface area contributed by atoms with Crippen molar-refractivity contribution in [3.05, 3.63) is 54.4 Å². The molecule has 0 bridgehead atoms. The van der Waals surface area contributed by atoms with Crippen LogP contribution in [0.3, 0.4) is 0 Å². The molecule has 0 atom stereocenters. The molecule has 0 radical (unpaired) electrons. The van der Waals surface area contributed by atoms with Crippen LogP contribution in [0.2, 0.25) is 0 Å². The summed E-state index contributed by atoms with van der Waals surface area (Å²) in [6.45, 7) is -0.0821. The smallest absolute Gasteiger partial charge is 0.247 e. The number of carbonyl (C=O) groups excluding carboxylic acids is 1. The van der Waals surface area contributed by atoms with Crippen molar-refractivity contribution in [3.63, 3.8) is 0 Å². The zero-order valence-electron chi connectivity index (χ0n) is 12.2. The normalized spacial score (nSPS) is 10.7. The Balaban J connectivity index is 1.75. The number of hydrogen-bond donors (Lipinski definition) is 1. The molecule has 0 aliphatic heterocycles. The maximum absolute atomic E-state index is 13.7. The van der Waals surface area contributed by atoms with E-state index in [0.717, 1.165) is 12.1 Å². The zero-order chi connectivity index (χ0) is 16.4. The number of amides is 1. The van der Waals surface area contributed by atoms with Crippen LogP contribution < -0.4 is 5.32 Å². The van der Waals surface area contributed by atoms with Crippen molar-refractivity contribution in [2.75, 3.05) is 5.32 Å². The second-order valence-corrected chi connectivity index (χ2v) is 4.88. The van der Waals surface area contributed by atoms with Gasteiger partial charge in [0.25, 0.3) is 0 Å². The molecule has 0 saturated heterocycles. The maximum atomic E-state index is 13.7. The van der Waals surface area contributed by atoms with Crippen LogP contribution in [0.15, 0.2) is 42.7 Å². The highest BCUT2D eigenvalue weighted by Crippen LogP contribution is 2.24. The Morgan fingerprint density at radius 1 is 1.22 bits per heavy atom. The van der Waals surface area contributed by atoms with E-state index in [1.165, 1.54) is 27.7 Å². The molecule has 2 aromatic heterocycles. The summed E-state index contributed by atoms with van der Waals surface area (Å²) >= 11 is 0. The fourth-order valence-electron chi connectivity index (χ4n) is 2.15. The van der Waals surface area contributed by atoms with Gasteiger partial charge in [-0.3, -0.25) is 14.2 Å². The fraction of sp³-hybridized carbons (Fsp3) is 0.133. The number of aromatic nitrogens is 4. The second kappa shape index (κ2) is 5.99. The highest BCUT2D eigenvalue weighted by atomic mass is 19.1. The Morgan fingerprint density at radius 3 is 2.61 bits per heavy atom. The number of benzene rings is 1. The van der Waals surface area contributed by atoms with Crippen LogP contribution in [0.5, 0.6) is 0 Å². The van der Waals surface area contributed by atoms with Crippen molar-refractivity contribution in [2.45, 2.75) is 6.54 Å². The molecule has 1 aromatic carbocycles. The van der Waals surface area contributed by atoms with Crippen molar-refractivity contribution in [1.82, 2.24) is 19.6 Å². The minimum Gasteiger partial charge on any atom is -0.309 e. The third-order valence-electron chi connectivity index (χ3n) is 3.25. The van der Waals surface area contributed by atoms with Crippen molar-refractivity contribution in [2.24, 2.45) is 7.05 Å². The van der Waals surface area contributed by atoms with E-state index < -0.39 is 11.6 Å². The first-order chi connectivity index (χ1) is 11.0. The summed E-state index contributed by atoms with van der Waals surface area (Å²) in [6.07, 6.45) is 3.05. The summed E-state index contributed by atoms with van der Waals surface area (Å²) in [7, 11) is 1.70. The Hall–Kier alpha value is -3.03. The molecule has 0 aliphatic rings. The number of hydrogen-bond acceptors (Lipinski definition) is 3. The van der Waals surface area contributed by atoms with Crippen molar-refractivity contribution in [1.29, 1.82) is 0 Å². The highest BCUT2D eigenvalue weighted by molar-refractivity contribution is 5.89. The average molecular weight is 317 g/mol. The van der Waals surface area contributed by atoms with Gasteiger partial charge in [0.2, 0.25) is 5.91 Å². The van der Waals surface area contributed by atoms with E-state index in [4.69, 9.17) is 0 Å². The molecule has 0 saturated carbocycles. The molecule has 8 heteroatoms. The van der Waals surface area contributed by atoms with E-state index in [0.29, 0.717) is 5.82 Å². The van der Waals surface area contributed by atoms with E-state index in [1.807, 2.05) is 0 Å². The molecular formula is C15H13F2N5O. The van der Waals surface area contributed by atoms with Crippen LogP contribution in [0.4, 0.5) is 14.6 Å². The summed E-state index contributed by atoms with van der Waals surface area (Å²) in [4.78, 5) is 12.0. The van der Waals surface area contributed by atoms with Gasteiger partial charge in [-0.05, 0) is 18.2 Å². The van der Waals surface area contributed by atoms with E-state index in [-0.39, 0.29) is 23.7 Å². The molecule has 1 amide bonds. The Bertz CT molecular complexity index is 835. The lowest BCUT2D eigenvalue weighted by Gasteiger charge is -2.05. The molecular weight excluding hydrogens is 304 g/mol. The second-order valence-electron chi connectivity index (χ2n) is 4.88. The quantitative estimate of drug-likeness (QED) is 0.802. The predicted octanol–water partition coefficient (Wildman–Crippen LogP) is 2.20. The summed E-state index contributed by atoms with van der Waals surface area (Å²) in [5.41, 5.74) is -0.0766. The molecule has 1 N–H and O–H groups in total. The molecule has 0 spiro atoms. The van der Waals surface area contributed by atoms with Crippen LogP contribution >= 0.6 is 0 Å². The molecule has 0 fully saturated rings. The van der Waals surface area contributed by atoms with Gasteiger partial charge >= 0.3 is 0 Å². The lowest BCUT2D eigenvalue weighted by Crippen LogP contribution is -2.20. The monoisotopic (exact) mass is 317 g/mol. The minimum atomic E-state index is -0.699. The van der Waals surface area contributed by atoms with Crippen molar-refractivity contribution >= 4 is 11.7 Å².